The Labute approximate surface area is 132 Å². The quantitative estimate of drug-likeness (QED) is 0.767. The summed E-state index contributed by atoms with van der Waals surface area (Å²) < 4.78 is 28.0. The molecule has 6 heteroatoms. The van der Waals surface area contributed by atoms with Crippen molar-refractivity contribution in [2.75, 3.05) is 0 Å². The van der Waals surface area contributed by atoms with Gasteiger partial charge in [-0.2, -0.15) is 0 Å². The Balaban J connectivity index is 1.88. The first-order chi connectivity index (χ1) is 10.2. The van der Waals surface area contributed by atoms with Crippen LogP contribution in [0, 0.1) is 0 Å². The minimum atomic E-state index is -3.50. The molecular formula is C15H13NO2S3. The number of hydrogen-bond donors (Lipinski definition) is 1. The molecule has 2 aromatic heterocycles. The number of sulfonamides is 1. The van der Waals surface area contributed by atoms with Gasteiger partial charge in [-0.3, -0.25) is 0 Å². The Morgan fingerprint density at radius 2 is 1.71 bits per heavy atom. The minimum absolute atomic E-state index is 0.326. The van der Waals surface area contributed by atoms with E-state index < -0.39 is 10.0 Å². The molecule has 3 rings (SSSR count). The number of hydrogen-bond acceptors (Lipinski definition) is 4. The largest absolute Gasteiger partial charge is 0.251 e. The second kappa shape index (κ2) is 6.11. The summed E-state index contributed by atoms with van der Waals surface area (Å²) in [6.45, 7) is 0.326. The summed E-state index contributed by atoms with van der Waals surface area (Å²) >= 11 is 2.78. The lowest BCUT2D eigenvalue weighted by Crippen LogP contribution is -2.22. The molecule has 0 aliphatic carbocycles. The van der Waals surface area contributed by atoms with E-state index in [1.807, 2.05) is 59.3 Å². The van der Waals surface area contributed by atoms with E-state index in [0.29, 0.717) is 10.8 Å². The maximum atomic E-state index is 12.5. The Hall–Kier alpha value is -1.47. The molecule has 0 aliphatic heterocycles. The Bertz CT molecular complexity index is 806. The average molecular weight is 335 g/mol. The molecule has 0 saturated heterocycles. The highest BCUT2D eigenvalue weighted by Crippen LogP contribution is 2.32. The minimum Gasteiger partial charge on any atom is -0.206 e. The molecule has 21 heavy (non-hydrogen) atoms. The molecule has 0 aliphatic rings. The van der Waals surface area contributed by atoms with Crippen molar-refractivity contribution < 1.29 is 8.42 Å². The molecule has 1 N–H and O–H groups in total. The highest BCUT2D eigenvalue weighted by atomic mass is 32.2. The lowest BCUT2D eigenvalue weighted by molar-refractivity contribution is 0.584. The van der Waals surface area contributed by atoms with Crippen molar-refractivity contribution in [3.63, 3.8) is 0 Å². The molecule has 0 bridgehead atoms. The molecule has 0 spiro atoms. The third-order valence-corrected chi connectivity index (χ3v) is 6.74. The summed E-state index contributed by atoms with van der Waals surface area (Å²) in [5.41, 5.74) is 1.66. The Kier molecular flexibility index (Phi) is 4.21. The lowest BCUT2D eigenvalue weighted by atomic mass is 10.1. The van der Waals surface area contributed by atoms with Crippen molar-refractivity contribution in [2.24, 2.45) is 0 Å². The SMILES string of the molecule is O=S(=O)(NCc1cccs1)c1sccc1-c1ccccc1. The Morgan fingerprint density at radius 1 is 0.905 bits per heavy atom. The van der Waals surface area contributed by atoms with Gasteiger partial charge in [0.1, 0.15) is 4.21 Å². The fourth-order valence-electron chi connectivity index (χ4n) is 1.98. The van der Waals surface area contributed by atoms with Crippen molar-refractivity contribution in [1.82, 2.24) is 4.72 Å². The van der Waals surface area contributed by atoms with Crippen molar-refractivity contribution in [3.05, 3.63) is 64.2 Å². The summed E-state index contributed by atoms with van der Waals surface area (Å²) in [6.07, 6.45) is 0. The molecule has 0 amide bonds. The summed E-state index contributed by atoms with van der Waals surface area (Å²) in [6, 6.07) is 15.2. The van der Waals surface area contributed by atoms with Gasteiger partial charge in [-0.05, 0) is 28.5 Å². The van der Waals surface area contributed by atoms with Crippen LogP contribution in [-0.2, 0) is 16.6 Å². The van der Waals surface area contributed by atoms with Crippen LogP contribution in [0.2, 0.25) is 0 Å². The van der Waals surface area contributed by atoms with E-state index in [9.17, 15) is 8.42 Å². The fourth-order valence-corrected chi connectivity index (χ4v) is 5.16. The normalized spacial score (nSPS) is 11.6. The van der Waals surface area contributed by atoms with Crippen molar-refractivity contribution in [2.45, 2.75) is 10.8 Å². The summed E-state index contributed by atoms with van der Waals surface area (Å²) in [4.78, 5) is 0.997. The van der Waals surface area contributed by atoms with Gasteiger partial charge in [0.05, 0.1) is 0 Å². The number of thiophene rings is 2. The monoisotopic (exact) mass is 335 g/mol. The zero-order valence-corrected chi connectivity index (χ0v) is 13.5. The molecular weight excluding hydrogens is 322 g/mol. The zero-order chi connectivity index (χ0) is 14.7. The predicted molar refractivity (Wildman–Crippen MR) is 88.1 cm³/mol. The lowest BCUT2D eigenvalue weighted by Gasteiger charge is -2.07. The maximum absolute atomic E-state index is 12.5. The topological polar surface area (TPSA) is 46.2 Å². The number of benzene rings is 1. The van der Waals surface area contributed by atoms with E-state index in [1.54, 1.807) is 0 Å². The van der Waals surface area contributed by atoms with Crippen LogP contribution in [0.3, 0.4) is 0 Å². The molecule has 0 radical (unpaired) electrons. The summed E-state index contributed by atoms with van der Waals surface area (Å²) in [5, 5.41) is 3.74. The van der Waals surface area contributed by atoms with Gasteiger partial charge in [0, 0.05) is 17.0 Å². The van der Waals surface area contributed by atoms with Crippen LogP contribution in [0.4, 0.5) is 0 Å². The van der Waals surface area contributed by atoms with Crippen LogP contribution in [0.15, 0.2) is 63.5 Å². The highest BCUT2D eigenvalue weighted by molar-refractivity contribution is 7.91. The third-order valence-electron chi connectivity index (χ3n) is 2.98. The van der Waals surface area contributed by atoms with Gasteiger partial charge < -0.3 is 0 Å². The highest BCUT2D eigenvalue weighted by Gasteiger charge is 2.20. The van der Waals surface area contributed by atoms with Gasteiger partial charge in [0.25, 0.3) is 10.0 Å². The average Bonchev–Trinajstić information content (AvgIpc) is 3.18. The first-order valence-corrected chi connectivity index (χ1v) is 9.56. The van der Waals surface area contributed by atoms with Gasteiger partial charge in [0.2, 0.25) is 0 Å². The van der Waals surface area contributed by atoms with E-state index in [1.165, 1.54) is 22.7 Å². The molecule has 1 aromatic carbocycles. The van der Waals surface area contributed by atoms with E-state index in [-0.39, 0.29) is 0 Å². The van der Waals surface area contributed by atoms with Crippen LogP contribution in [0.1, 0.15) is 4.88 Å². The van der Waals surface area contributed by atoms with Gasteiger partial charge in [-0.25, -0.2) is 13.1 Å². The maximum Gasteiger partial charge on any atom is 0.251 e. The van der Waals surface area contributed by atoms with E-state index in [0.717, 1.165) is 16.0 Å². The van der Waals surface area contributed by atoms with Crippen molar-refractivity contribution in [1.29, 1.82) is 0 Å². The molecule has 0 atom stereocenters. The molecule has 0 unspecified atom stereocenters. The van der Waals surface area contributed by atoms with Crippen LogP contribution < -0.4 is 4.72 Å². The standard InChI is InChI=1S/C15H13NO2S3/c17-21(18,16-11-13-7-4-9-19-13)15-14(8-10-20-15)12-5-2-1-3-6-12/h1-10,16H,11H2. The molecule has 108 valence electrons. The van der Waals surface area contributed by atoms with E-state index in [2.05, 4.69) is 4.72 Å². The van der Waals surface area contributed by atoms with Crippen molar-refractivity contribution in [3.8, 4) is 11.1 Å². The van der Waals surface area contributed by atoms with Gasteiger partial charge in [-0.1, -0.05) is 36.4 Å². The van der Waals surface area contributed by atoms with Crippen molar-refractivity contribution >= 4 is 32.7 Å². The molecule has 3 aromatic rings. The summed E-state index contributed by atoms with van der Waals surface area (Å²) in [7, 11) is -3.50. The van der Waals surface area contributed by atoms with Gasteiger partial charge in [-0.15, -0.1) is 22.7 Å². The van der Waals surface area contributed by atoms with Crippen LogP contribution >= 0.6 is 22.7 Å². The van der Waals surface area contributed by atoms with Crippen LogP contribution in [0.5, 0.6) is 0 Å². The van der Waals surface area contributed by atoms with Crippen LogP contribution in [-0.4, -0.2) is 8.42 Å². The molecule has 0 fully saturated rings. The fraction of sp³-hybridized carbons (Fsp3) is 0.0667. The number of nitrogens with one attached hydrogen (secondary N) is 1. The Morgan fingerprint density at radius 3 is 2.43 bits per heavy atom. The second-order valence-electron chi connectivity index (χ2n) is 4.39. The first-order valence-electron chi connectivity index (χ1n) is 6.32. The van der Waals surface area contributed by atoms with E-state index >= 15 is 0 Å². The third kappa shape index (κ3) is 3.24. The smallest absolute Gasteiger partial charge is 0.206 e. The summed E-state index contributed by atoms with van der Waals surface area (Å²) in [5.74, 6) is 0. The molecule has 0 saturated carbocycles. The predicted octanol–water partition coefficient (Wildman–Crippen LogP) is 3.96. The second-order valence-corrected chi connectivity index (χ2v) is 8.30. The number of rotatable bonds is 5. The zero-order valence-electron chi connectivity index (χ0n) is 11.0. The molecule has 3 nitrogen and oxygen atoms in total. The van der Waals surface area contributed by atoms with Gasteiger partial charge >= 0.3 is 0 Å². The van der Waals surface area contributed by atoms with E-state index in [4.69, 9.17) is 0 Å². The first kappa shape index (κ1) is 14.5. The molecule has 2 heterocycles. The van der Waals surface area contributed by atoms with Gasteiger partial charge in [0.15, 0.2) is 0 Å². The van der Waals surface area contributed by atoms with Crippen LogP contribution in [0.25, 0.3) is 11.1 Å².